The highest BCUT2D eigenvalue weighted by atomic mass is 32.2. The van der Waals surface area contributed by atoms with Gasteiger partial charge in [0.1, 0.15) is 0 Å². The van der Waals surface area contributed by atoms with Crippen molar-refractivity contribution in [1.82, 2.24) is 5.32 Å². The Bertz CT molecular complexity index is 171. The summed E-state index contributed by atoms with van der Waals surface area (Å²) in [6, 6.07) is 0.606. The summed E-state index contributed by atoms with van der Waals surface area (Å²) in [6.45, 7) is 7.79. The van der Waals surface area contributed by atoms with Crippen molar-refractivity contribution >= 4 is 10.8 Å². The van der Waals surface area contributed by atoms with Crippen molar-refractivity contribution in [2.45, 2.75) is 52.5 Å². The lowest BCUT2D eigenvalue weighted by atomic mass is 10.0. The molecule has 0 amide bonds. The highest BCUT2D eigenvalue weighted by Crippen LogP contribution is 2.07. The molecule has 0 spiro atoms. The van der Waals surface area contributed by atoms with Gasteiger partial charge in [-0.25, -0.2) is 0 Å². The van der Waals surface area contributed by atoms with E-state index in [2.05, 4.69) is 26.1 Å². The van der Waals surface area contributed by atoms with Gasteiger partial charge in [-0.05, 0) is 32.2 Å². The molecule has 0 aromatic rings. The molecule has 0 bridgehead atoms. The van der Waals surface area contributed by atoms with Gasteiger partial charge >= 0.3 is 0 Å². The van der Waals surface area contributed by atoms with Crippen LogP contribution >= 0.6 is 0 Å². The molecule has 0 aromatic carbocycles. The minimum absolute atomic E-state index is 0.606. The molecule has 0 rings (SSSR count). The van der Waals surface area contributed by atoms with Crippen LogP contribution in [-0.2, 0) is 10.8 Å². The van der Waals surface area contributed by atoms with E-state index in [-0.39, 0.29) is 0 Å². The van der Waals surface area contributed by atoms with Crippen LogP contribution in [0.5, 0.6) is 0 Å². The van der Waals surface area contributed by atoms with Crippen molar-refractivity contribution in [3.8, 4) is 0 Å². The van der Waals surface area contributed by atoms with Gasteiger partial charge < -0.3 is 5.32 Å². The quantitative estimate of drug-likeness (QED) is 0.620. The number of rotatable bonds is 9. The third kappa shape index (κ3) is 12.0. The maximum absolute atomic E-state index is 10.8. The predicted octanol–water partition coefficient (Wildman–Crippen LogP) is 2.56. The molecule has 1 N–H and O–H groups in total. The zero-order chi connectivity index (χ0) is 11.7. The largest absolute Gasteiger partial charge is 0.314 e. The van der Waals surface area contributed by atoms with Crippen LogP contribution in [0.4, 0.5) is 0 Å². The van der Waals surface area contributed by atoms with Gasteiger partial charge in [-0.15, -0.1) is 0 Å². The van der Waals surface area contributed by atoms with E-state index in [0.29, 0.717) is 6.04 Å². The van der Waals surface area contributed by atoms with E-state index in [1.807, 2.05) is 0 Å². The van der Waals surface area contributed by atoms with Crippen LogP contribution in [0.15, 0.2) is 0 Å². The molecule has 0 aliphatic rings. The van der Waals surface area contributed by atoms with Crippen LogP contribution < -0.4 is 5.32 Å². The number of nitrogens with one attached hydrogen (secondary N) is 1. The molecule has 0 aromatic heterocycles. The lowest BCUT2D eigenvalue weighted by molar-refractivity contribution is 0.458. The van der Waals surface area contributed by atoms with Gasteiger partial charge in [0.25, 0.3) is 0 Å². The van der Waals surface area contributed by atoms with E-state index in [1.165, 1.54) is 19.3 Å². The SMILES string of the molecule is CC(C)CCCC(C)NCCCS(C)=O. The van der Waals surface area contributed by atoms with Crippen LogP contribution in [0.1, 0.15) is 46.5 Å². The third-order valence-corrected chi connectivity index (χ3v) is 3.38. The summed E-state index contributed by atoms with van der Waals surface area (Å²) in [7, 11) is -0.632. The van der Waals surface area contributed by atoms with Crippen LogP contribution in [0.3, 0.4) is 0 Å². The molecule has 2 unspecified atom stereocenters. The van der Waals surface area contributed by atoms with Crippen molar-refractivity contribution in [2.24, 2.45) is 5.92 Å². The summed E-state index contributed by atoms with van der Waals surface area (Å²) in [4.78, 5) is 0. The van der Waals surface area contributed by atoms with Crippen molar-refractivity contribution in [1.29, 1.82) is 0 Å². The molecule has 0 fully saturated rings. The summed E-state index contributed by atoms with van der Waals surface area (Å²) in [5, 5.41) is 3.48. The fourth-order valence-corrected chi connectivity index (χ4v) is 2.11. The zero-order valence-corrected chi connectivity index (χ0v) is 11.5. The van der Waals surface area contributed by atoms with Crippen LogP contribution in [0.2, 0.25) is 0 Å². The molecule has 2 nitrogen and oxygen atoms in total. The fraction of sp³-hybridized carbons (Fsp3) is 1.00. The molecule has 0 aliphatic heterocycles. The molecule has 0 saturated heterocycles. The van der Waals surface area contributed by atoms with E-state index >= 15 is 0 Å². The van der Waals surface area contributed by atoms with E-state index < -0.39 is 10.8 Å². The molecule has 15 heavy (non-hydrogen) atoms. The highest BCUT2D eigenvalue weighted by molar-refractivity contribution is 7.84. The molecule has 0 aliphatic carbocycles. The van der Waals surface area contributed by atoms with Crippen LogP contribution in [0.25, 0.3) is 0 Å². The minimum atomic E-state index is -0.632. The summed E-state index contributed by atoms with van der Waals surface area (Å²) < 4.78 is 10.8. The lowest BCUT2D eigenvalue weighted by Crippen LogP contribution is -2.27. The summed E-state index contributed by atoms with van der Waals surface area (Å²) in [5.41, 5.74) is 0. The Morgan fingerprint density at radius 2 is 1.80 bits per heavy atom. The van der Waals surface area contributed by atoms with E-state index in [1.54, 1.807) is 6.26 Å². The Labute approximate surface area is 97.7 Å². The first-order valence-corrected chi connectivity index (χ1v) is 7.78. The average Bonchev–Trinajstić information content (AvgIpc) is 2.11. The van der Waals surface area contributed by atoms with Gasteiger partial charge in [-0.3, -0.25) is 4.21 Å². The lowest BCUT2D eigenvalue weighted by Gasteiger charge is -2.14. The Morgan fingerprint density at radius 3 is 2.33 bits per heavy atom. The second kappa shape index (κ2) is 9.34. The molecule has 92 valence electrons. The molecular weight excluding hydrogens is 206 g/mol. The second-order valence-corrected chi connectivity index (χ2v) is 6.37. The van der Waals surface area contributed by atoms with Gasteiger partial charge in [0, 0.05) is 28.9 Å². The first-order chi connectivity index (χ1) is 7.02. The van der Waals surface area contributed by atoms with E-state index in [0.717, 1.165) is 24.6 Å². The third-order valence-electron chi connectivity index (χ3n) is 2.52. The van der Waals surface area contributed by atoms with Crippen molar-refractivity contribution in [3.63, 3.8) is 0 Å². The van der Waals surface area contributed by atoms with Gasteiger partial charge in [-0.1, -0.05) is 26.7 Å². The van der Waals surface area contributed by atoms with Crippen LogP contribution in [0, 0.1) is 5.92 Å². The normalized spacial score (nSPS) is 15.5. The monoisotopic (exact) mass is 233 g/mol. The molecular formula is C12H27NOS. The van der Waals surface area contributed by atoms with Gasteiger partial charge in [0.05, 0.1) is 0 Å². The van der Waals surface area contributed by atoms with Crippen molar-refractivity contribution in [2.75, 3.05) is 18.6 Å². The topological polar surface area (TPSA) is 29.1 Å². The van der Waals surface area contributed by atoms with Crippen molar-refractivity contribution < 1.29 is 4.21 Å². The van der Waals surface area contributed by atoms with Gasteiger partial charge in [0.15, 0.2) is 0 Å². The Kier molecular flexibility index (Phi) is 9.41. The summed E-state index contributed by atoms with van der Waals surface area (Å²) >= 11 is 0. The fourth-order valence-electron chi connectivity index (χ4n) is 1.56. The number of hydrogen-bond donors (Lipinski definition) is 1. The molecule has 0 saturated carbocycles. The second-order valence-electron chi connectivity index (χ2n) is 4.81. The molecule has 3 heteroatoms. The van der Waals surface area contributed by atoms with E-state index in [4.69, 9.17) is 0 Å². The Morgan fingerprint density at radius 1 is 1.13 bits per heavy atom. The molecule has 0 radical (unpaired) electrons. The van der Waals surface area contributed by atoms with E-state index in [9.17, 15) is 4.21 Å². The first kappa shape index (κ1) is 15.1. The van der Waals surface area contributed by atoms with Gasteiger partial charge in [0.2, 0.25) is 0 Å². The Hall–Kier alpha value is 0.110. The standard InChI is InChI=1S/C12H27NOS/c1-11(2)7-5-8-12(3)13-9-6-10-15(4)14/h11-13H,5-10H2,1-4H3. The maximum Gasteiger partial charge on any atom is 0.0244 e. The molecule has 0 heterocycles. The zero-order valence-electron chi connectivity index (χ0n) is 10.7. The summed E-state index contributed by atoms with van der Waals surface area (Å²) in [5.74, 6) is 1.64. The van der Waals surface area contributed by atoms with Gasteiger partial charge in [-0.2, -0.15) is 0 Å². The number of hydrogen-bond acceptors (Lipinski definition) is 2. The van der Waals surface area contributed by atoms with Crippen molar-refractivity contribution in [3.05, 3.63) is 0 Å². The molecule has 2 atom stereocenters. The summed E-state index contributed by atoms with van der Waals surface area (Å²) in [6.07, 6.45) is 6.69. The Balaban J connectivity index is 3.25. The van der Waals surface area contributed by atoms with Crippen LogP contribution in [-0.4, -0.2) is 28.8 Å². The smallest absolute Gasteiger partial charge is 0.0244 e. The maximum atomic E-state index is 10.8. The average molecular weight is 233 g/mol. The highest BCUT2D eigenvalue weighted by Gasteiger charge is 2.02. The minimum Gasteiger partial charge on any atom is -0.314 e. The first-order valence-electron chi connectivity index (χ1n) is 6.05. The predicted molar refractivity (Wildman–Crippen MR) is 69.7 cm³/mol.